The highest BCUT2D eigenvalue weighted by Gasteiger charge is 2.23. The van der Waals surface area contributed by atoms with Crippen LogP contribution in [0.4, 0.5) is 0 Å². The molecule has 3 heteroatoms. The highest BCUT2D eigenvalue weighted by Crippen LogP contribution is 2.09. The Morgan fingerprint density at radius 1 is 1.17 bits per heavy atom. The smallest absolute Gasteiger partial charge is 0.172 e. The summed E-state index contributed by atoms with van der Waals surface area (Å²) < 4.78 is 9.81. The Morgan fingerprint density at radius 2 is 1.56 bits per heavy atom. The van der Waals surface area contributed by atoms with Gasteiger partial charge in [0.25, 0.3) is 0 Å². The molecule has 0 aliphatic heterocycles. The molecule has 0 N–H and O–H groups in total. The Kier molecular flexibility index (Phi) is 11.2. The van der Waals surface area contributed by atoms with Crippen LogP contribution in [0.5, 0.6) is 0 Å². The molecule has 3 nitrogen and oxygen atoms in total. The van der Waals surface area contributed by atoms with Crippen LogP contribution in [-0.4, -0.2) is 17.0 Å². The van der Waals surface area contributed by atoms with Crippen molar-refractivity contribution >= 4 is 5.78 Å². The Morgan fingerprint density at radius 3 is 1.67 bits per heavy atom. The van der Waals surface area contributed by atoms with Crippen LogP contribution >= 0.6 is 0 Å². The molecule has 0 aliphatic rings. The monoisotopic (exact) mass is 254 g/mol. The zero-order chi connectivity index (χ0) is 14.1. The van der Waals surface area contributed by atoms with E-state index in [0.717, 1.165) is 0 Å². The second-order valence-corrected chi connectivity index (χ2v) is 4.29. The van der Waals surface area contributed by atoms with Crippen LogP contribution in [0.3, 0.4) is 0 Å². The van der Waals surface area contributed by atoms with E-state index in [2.05, 4.69) is 19.1 Å². The van der Waals surface area contributed by atoms with Crippen LogP contribution in [0.15, 0.2) is 25.7 Å². The van der Waals surface area contributed by atoms with E-state index >= 15 is 0 Å². The number of ketones is 1. The molecule has 0 unspecified atom stereocenters. The van der Waals surface area contributed by atoms with Gasteiger partial charge in [-0.05, 0) is 34.6 Å². The molecule has 0 spiro atoms. The zero-order valence-electron chi connectivity index (χ0n) is 11.4. The minimum atomic E-state index is -0.707. The lowest BCUT2D eigenvalue weighted by molar-refractivity contribution is -0.132. The third-order valence-corrected chi connectivity index (χ3v) is 1.95. The van der Waals surface area contributed by atoms with Gasteiger partial charge >= 0.3 is 0 Å². The average Bonchev–Trinajstić information content (AvgIpc) is 2.18. The molecule has 0 aliphatic carbocycles. The molecule has 0 heterocycles. The largest absolute Gasteiger partial charge is 0.488 e. The molecule has 0 bridgehead atoms. The molecule has 0 rings (SSSR count). The number of Topliss-reactive ketones (excluding diaryl/α,β-unsaturated/α-hetero) is 1. The molecule has 0 fully saturated rings. The number of carbonyl (C=O) groups excluding carboxylic acids is 1. The Hall–Kier alpha value is -1.69. The van der Waals surface area contributed by atoms with E-state index in [4.69, 9.17) is 15.9 Å². The van der Waals surface area contributed by atoms with Gasteiger partial charge < -0.3 is 9.47 Å². The van der Waals surface area contributed by atoms with Crippen LogP contribution < -0.4 is 0 Å². The Bertz CT molecular complexity index is 306. The minimum Gasteiger partial charge on any atom is -0.488 e. The normalized spacial score (nSPS) is 9.56. The third-order valence-electron chi connectivity index (χ3n) is 1.95. The van der Waals surface area contributed by atoms with Gasteiger partial charge in [0.05, 0.1) is 12.5 Å². The summed E-state index contributed by atoms with van der Waals surface area (Å²) in [5.74, 6) is 2.45. The molecule has 0 amide bonds. The first-order valence-electron chi connectivity index (χ1n) is 5.19. The van der Waals surface area contributed by atoms with Crippen LogP contribution in [0, 0.1) is 12.3 Å². The van der Waals surface area contributed by atoms with Gasteiger partial charge in [-0.1, -0.05) is 26.5 Å². The molecule has 0 saturated carbocycles. The van der Waals surface area contributed by atoms with E-state index in [-0.39, 0.29) is 13.2 Å². The summed E-state index contributed by atoms with van der Waals surface area (Å²) >= 11 is 0. The number of rotatable bonds is 5. The van der Waals surface area contributed by atoms with Crippen LogP contribution in [0.1, 0.15) is 42.0 Å². The maximum Gasteiger partial charge on any atom is 0.172 e. The summed E-state index contributed by atoms with van der Waals surface area (Å²) in [4.78, 5) is 10.7. The van der Waals surface area contributed by atoms with Crippen molar-refractivity contribution in [3.63, 3.8) is 0 Å². The van der Waals surface area contributed by atoms with Gasteiger partial charge in [-0.25, -0.2) is 0 Å². The van der Waals surface area contributed by atoms with Gasteiger partial charge in [0.2, 0.25) is 0 Å². The van der Waals surface area contributed by atoms with Gasteiger partial charge in [-0.3, -0.25) is 4.79 Å². The predicted octanol–water partition coefficient (Wildman–Crippen LogP) is 3.71. The van der Waals surface area contributed by atoms with Gasteiger partial charge in [-0.2, -0.15) is 0 Å². The Labute approximate surface area is 112 Å². The van der Waals surface area contributed by atoms with Gasteiger partial charge in [0.15, 0.2) is 17.0 Å². The molecule has 18 heavy (non-hydrogen) atoms. The number of ether oxygens (including phenoxy) is 2. The van der Waals surface area contributed by atoms with E-state index in [9.17, 15) is 4.79 Å². The van der Waals surface area contributed by atoms with E-state index in [0.29, 0.717) is 0 Å². The van der Waals surface area contributed by atoms with E-state index < -0.39 is 11.2 Å². The molecule has 0 aromatic carbocycles. The van der Waals surface area contributed by atoms with Gasteiger partial charge in [-0.15, -0.1) is 6.42 Å². The first-order chi connectivity index (χ1) is 7.63. The second-order valence-electron chi connectivity index (χ2n) is 4.29. The fraction of sp³-hybridized carbons (Fsp3) is 0.533. The number of hydrogen-bond acceptors (Lipinski definition) is 3. The topological polar surface area (TPSA) is 35.5 Å². The highest BCUT2D eigenvalue weighted by molar-refractivity contribution is 5.84. The quantitative estimate of drug-likeness (QED) is 0.554. The van der Waals surface area contributed by atoms with Crippen molar-refractivity contribution in [1.82, 2.24) is 0 Å². The third kappa shape index (κ3) is 10.8. The summed E-state index contributed by atoms with van der Waals surface area (Å²) in [5.41, 5.74) is -1.20. The predicted molar refractivity (Wildman–Crippen MR) is 77.0 cm³/mol. The van der Waals surface area contributed by atoms with Crippen molar-refractivity contribution in [2.45, 2.75) is 53.2 Å². The summed E-state index contributed by atoms with van der Waals surface area (Å²) in [6, 6.07) is 0. The van der Waals surface area contributed by atoms with Gasteiger partial charge in [0, 0.05) is 0 Å². The lowest BCUT2D eigenvalue weighted by Gasteiger charge is -2.19. The van der Waals surface area contributed by atoms with Crippen molar-refractivity contribution in [2.24, 2.45) is 0 Å². The number of carbonyl (C=O) groups is 1. The maximum atomic E-state index is 10.7. The SMILES string of the molecule is C.C#CC(C)(C)OC=C.C=COC(C)(C)C(C)=O. The molecule has 0 aromatic rings. The Balaban J connectivity index is -0.000000238. The van der Waals surface area contributed by atoms with Gasteiger partial charge in [0.1, 0.15) is 0 Å². The standard InChI is InChI=1S/C7H12O2.C7H10O.CH4/c1-5-9-7(3,4)6(2)8;1-5-7(3,4)8-6-2;/h5H,1H2,2-4H3;1,6H,2H2,3-4H3;1H4. The fourth-order valence-electron chi connectivity index (χ4n) is 0.534. The summed E-state index contributed by atoms with van der Waals surface area (Å²) in [5, 5.41) is 0. The van der Waals surface area contributed by atoms with Crippen molar-refractivity contribution < 1.29 is 14.3 Å². The first kappa shape index (κ1) is 21.6. The van der Waals surface area contributed by atoms with E-state index in [1.807, 2.05) is 0 Å². The lowest BCUT2D eigenvalue weighted by atomic mass is 10.1. The van der Waals surface area contributed by atoms with Crippen LogP contribution in [0.2, 0.25) is 0 Å². The average molecular weight is 254 g/mol. The van der Waals surface area contributed by atoms with Crippen LogP contribution in [0.25, 0.3) is 0 Å². The van der Waals surface area contributed by atoms with Crippen molar-refractivity contribution in [3.8, 4) is 12.3 Å². The fourth-order valence-corrected chi connectivity index (χ4v) is 0.534. The maximum absolute atomic E-state index is 10.7. The molecular weight excluding hydrogens is 228 g/mol. The molecule has 0 atom stereocenters. The second kappa shape index (κ2) is 9.35. The highest BCUT2D eigenvalue weighted by atomic mass is 16.5. The summed E-state index contributed by atoms with van der Waals surface area (Å²) in [6.45, 7) is 15.2. The summed E-state index contributed by atoms with van der Waals surface area (Å²) in [6.07, 6.45) is 7.70. The summed E-state index contributed by atoms with van der Waals surface area (Å²) in [7, 11) is 0. The molecule has 0 saturated heterocycles. The van der Waals surface area contributed by atoms with Crippen LogP contribution in [-0.2, 0) is 14.3 Å². The minimum absolute atomic E-state index is 0. The van der Waals surface area contributed by atoms with Crippen molar-refractivity contribution in [1.29, 1.82) is 0 Å². The first-order valence-corrected chi connectivity index (χ1v) is 5.19. The van der Waals surface area contributed by atoms with Crippen molar-refractivity contribution in [3.05, 3.63) is 25.7 Å². The number of terminal acetylenes is 1. The van der Waals surface area contributed by atoms with E-state index in [1.54, 1.807) is 27.7 Å². The van der Waals surface area contributed by atoms with Crippen molar-refractivity contribution in [2.75, 3.05) is 0 Å². The molecule has 0 radical (unpaired) electrons. The molecular formula is C15H26O3. The zero-order valence-corrected chi connectivity index (χ0v) is 11.4. The molecule has 0 aromatic heterocycles. The van der Waals surface area contributed by atoms with E-state index in [1.165, 1.54) is 19.4 Å². The number of hydrogen-bond donors (Lipinski definition) is 0. The lowest BCUT2D eigenvalue weighted by Crippen LogP contribution is -2.30. The molecule has 104 valence electrons.